The van der Waals surface area contributed by atoms with Crippen LogP contribution in [0.1, 0.15) is 15.9 Å². The molecule has 0 aliphatic heterocycles. The van der Waals surface area contributed by atoms with Crippen LogP contribution in [0.4, 0.5) is 11.4 Å². The van der Waals surface area contributed by atoms with Crippen LogP contribution < -0.4 is 10.2 Å². The average Bonchev–Trinajstić information content (AvgIpc) is 2.82. The fourth-order valence-electron chi connectivity index (χ4n) is 3.03. The first kappa shape index (κ1) is 22.2. The second-order valence-corrected chi connectivity index (χ2v) is 6.81. The van der Waals surface area contributed by atoms with Crippen LogP contribution in [0.3, 0.4) is 0 Å². The molecule has 3 rings (SSSR count). The molecule has 0 aromatic heterocycles. The molecule has 0 saturated heterocycles. The zero-order chi connectivity index (χ0) is 22.8. The fraction of sp³-hybridized carbons (Fsp3) is 0.120. The molecule has 0 heterocycles. The Labute approximate surface area is 185 Å². The minimum atomic E-state index is -0.751. The number of nitrogens with one attached hydrogen (secondary N) is 1. The Morgan fingerprint density at radius 3 is 2.19 bits per heavy atom. The van der Waals surface area contributed by atoms with Gasteiger partial charge in [-0.1, -0.05) is 60.7 Å². The Kier molecular flexibility index (Phi) is 7.71. The van der Waals surface area contributed by atoms with Crippen molar-refractivity contribution >= 4 is 29.2 Å². The van der Waals surface area contributed by atoms with E-state index in [1.54, 1.807) is 48.5 Å². The molecule has 0 aliphatic rings. The fourth-order valence-corrected chi connectivity index (χ4v) is 3.03. The van der Waals surface area contributed by atoms with Crippen LogP contribution in [-0.2, 0) is 20.7 Å². The molecular formula is C25H21N3O4. The summed E-state index contributed by atoms with van der Waals surface area (Å²) in [6.45, 7) is -0.714. The van der Waals surface area contributed by atoms with Gasteiger partial charge in [-0.3, -0.25) is 14.5 Å². The van der Waals surface area contributed by atoms with E-state index in [-0.39, 0.29) is 24.4 Å². The number of carbonyl (C=O) groups excluding carboxylic acids is 3. The molecule has 0 fully saturated rings. The van der Waals surface area contributed by atoms with Gasteiger partial charge in [-0.2, -0.15) is 5.26 Å². The Bertz CT molecular complexity index is 1120. The van der Waals surface area contributed by atoms with Crippen molar-refractivity contribution < 1.29 is 19.1 Å². The first-order chi connectivity index (χ1) is 15.6. The highest BCUT2D eigenvalue weighted by molar-refractivity contribution is 6.03. The Hall–Kier alpha value is -4.44. The summed E-state index contributed by atoms with van der Waals surface area (Å²) < 4.78 is 5.19. The Balaban J connectivity index is 1.64. The van der Waals surface area contributed by atoms with Gasteiger partial charge in [0.2, 0.25) is 5.91 Å². The summed E-state index contributed by atoms with van der Waals surface area (Å²) in [6.07, 6.45) is 0.156. The summed E-state index contributed by atoms with van der Waals surface area (Å²) in [5.74, 6) is -1.56. The molecule has 0 atom stereocenters. The zero-order valence-electron chi connectivity index (χ0n) is 17.2. The SMILES string of the molecule is N#CCN(C(=O)COC(=O)c1ccccc1NC(=O)Cc1ccccc1)c1ccccc1. The number of hydrogen-bond acceptors (Lipinski definition) is 5. The molecule has 32 heavy (non-hydrogen) atoms. The number of benzene rings is 3. The standard InChI is InChI=1S/C25H21N3O4/c26-15-16-28(20-11-5-2-6-12-20)24(30)18-32-25(31)21-13-7-8-14-22(21)27-23(29)17-19-9-3-1-4-10-19/h1-14H,16-18H2,(H,27,29). The van der Waals surface area contributed by atoms with E-state index in [0.29, 0.717) is 11.4 Å². The number of esters is 1. The van der Waals surface area contributed by atoms with Crippen molar-refractivity contribution in [2.75, 3.05) is 23.4 Å². The highest BCUT2D eigenvalue weighted by atomic mass is 16.5. The van der Waals surface area contributed by atoms with E-state index in [1.165, 1.54) is 11.0 Å². The number of para-hydroxylation sites is 2. The number of hydrogen-bond donors (Lipinski definition) is 1. The van der Waals surface area contributed by atoms with Crippen LogP contribution in [0.2, 0.25) is 0 Å². The van der Waals surface area contributed by atoms with Crippen molar-refractivity contribution in [2.24, 2.45) is 0 Å². The summed E-state index contributed by atoms with van der Waals surface area (Å²) in [6, 6.07) is 26.2. The summed E-state index contributed by atoms with van der Waals surface area (Å²) >= 11 is 0. The van der Waals surface area contributed by atoms with Crippen LogP contribution >= 0.6 is 0 Å². The molecule has 0 unspecified atom stereocenters. The van der Waals surface area contributed by atoms with Crippen LogP contribution in [-0.4, -0.2) is 30.9 Å². The average molecular weight is 427 g/mol. The predicted octanol–water partition coefficient (Wildman–Crippen LogP) is 3.58. The number of carbonyl (C=O) groups is 3. The lowest BCUT2D eigenvalue weighted by atomic mass is 10.1. The lowest BCUT2D eigenvalue weighted by Gasteiger charge is -2.19. The molecule has 1 N–H and O–H groups in total. The number of nitrogens with zero attached hydrogens (tertiary/aromatic N) is 2. The summed E-state index contributed by atoms with van der Waals surface area (Å²) in [5, 5.41) is 11.8. The maximum atomic E-state index is 12.6. The zero-order valence-corrected chi connectivity index (χ0v) is 17.2. The molecular weight excluding hydrogens is 406 g/mol. The van der Waals surface area contributed by atoms with Crippen molar-refractivity contribution in [2.45, 2.75) is 6.42 Å². The quantitative estimate of drug-likeness (QED) is 0.438. The van der Waals surface area contributed by atoms with Gasteiger partial charge in [0.15, 0.2) is 6.61 Å². The van der Waals surface area contributed by atoms with Crippen LogP contribution in [0.15, 0.2) is 84.9 Å². The topological polar surface area (TPSA) is 99.5 Å². The molecule has 0 aliphatic carbocycles. The van der Waals surface area contributed by atoms with Gasteiger partial charge in [0.05, 0.1) is 23.7 Å². The van der Waals surface area contributed by atoms with Crippen LogP contribution in [0.25, 0.3) is 0 Å². The largest absolute Gasteiger partial charge is 0.452 e. The molecule has 0 bridgehead atoms. The number of amides is 2. The maximum absolute atomic E-state index is 12.6. The van der Waals surface area contributed by atoms with E-state index in [1.807, 2.05) is 36.4 Å². The second kappa shape index (κ2) is 11.1. The van der Waals surface area contributed by atoms with E-state index in [2.05, 4.69) is 5.32 Å². The normalized spacial score (nSPS) is 9.97. The lowest BCUT2D eigenvalue weighted by molar-refractivity contribution is -0.121. The van der Waals surface area contributed by atoms with Gasteiger partial charge in [-0.05, 0) is 29.8 Å². The maximum Gasteiger partial charge on any atom is 0.340 e. The molecule has 2 amide bonds. The number of nitriles is 1. The highest BCUT2D eigenvalue weighted by Crippen LogP contribution is 2.18. The molecule has 160 valence electrons. The van der Waals surface area contributed by atoms with Gasteiger partial charge in [-0.25, -0.2) is 4.79 Å². The Morgan fingerprint density at radius 2 is 1.50 bits per heavy atom. The van der Waals surface area contributed by atoms with E-state index >= 15 is 0 Å². The third-order valence-corrected chi connectivity index (χ3v) is 4.55. The van der Waals surface area contributed by atoms with E-state index < -0.39 is 18.5 Å². The first-order valence-corrected chi connectivity index (χ1v) is 9.91. The minimum Gasteiger partial charge on any atom is -0.452 e. The molecule has 0 spiro atoms. The lowest BCUT2D eigenvalue weighted by Crippen LogP contribution is -2.35. The van der Waals surface area contributed by atoms with Gasteiger partial charge in [0.25, 0.3) is 5.91 Å². The van der Waals surface area contributed by atoms with Crippen molar-refractivity contribution in [3.63, 3.8) is 0 Å². The van der Waals surface area contributed by atoms with Gasteiger partial charge in [-0.15, -0.1) is 0 Å². The second-order valence-electron chi connectivity index (χ2n) is 6.81. The molecule has 0 radical (unpaired) electrons. The summed E-state index contributed by atoms with van der Waals surface area (Å²) in [4.78, 5) is 38.8. The summed E-state index contributed by atoms with van der Waals surface area (Å²) in [7, 11) is 0. The van der Waals surface area contributed by atoms with E-state index in [9.17, 15) is 14.4 Å². The number of ether oxygens (including phenoxy) is 1. The van der Waals surface area contributed by atoms with Crippen molar-refractivity contribution in [3.8, 4) is 6.07 Å². The van der Waals surface area contributed by atoms with E-state index in [4.69, 9.17) is 10.00 Å². The predicted molar refractivity (Wildman–Crippen MR) is 120 cm³/mol. The third-order valence-electron chi connectivity index (χ3n) is 4.55. The number of anilines is 2. The van der Waals surface area contributed by atoms with Gasteiger partial charge >= 0.3 is 5.97 Å². The van der Waals surface area contributed by atoms with Crippen molar-refractivity contribution in [3.05, 3.63) is 96.1 Å². The molecule has 7 nitrogen and oxygen atoms in total. The van der Waals surface area contributed by atoms with Crippen molar-refractivity contribution in [1.29, 1.82) is 5.26 Å². The smallest absolute Gasteiger partial charge is 0.340 e. The van der Waals surface area contributed by atoms with Gasteiger partial charge in [0, 0.05) is 5.69 Å². The minimum absolute atomic E-state index is 0.133. The third kappa shape index (κ3) is 6.03. The molecule has 7 heteroatoms. The van der Waals surface area contributed by atoms with Gasteiger partial charge in [0.1, 0.15) is 6.54 Å². The molecule has 3 aromatic carbocycles. The monoisotopic (exact) mass is 427 g/mol. The van der Waals surface area contributed by atoms with Crippen LogP contribution in [0.5, 0.6) is 0 Å². The molecule has 3 aromatic rings. The van der Waals surface area contributed by atoms with Gasteiger partial charge < -0.3 is 10.1 Å². The first-order valence-electron chi connectivity index (χ1n) is 9.91. The molecule has 0 saturated carbocycles. The summed E-state index contributed by atoms with van der Waals surface area (Å²) in [5.41, 5.74) is 1.80. The highest BCUT2D eigenvalue weighted by Gasteiger charge is 2.20. The van der Waals surface area contributed by atoms with E-state index in [0.717, 1.165) is 5.56 Å². The Morgan fingerprint density at radius 1 is 0.875 bits per heavy atom. The number of rotatable bonds is 8. The van der Waals surface area contributed by atoms with Crippen molar-refractivity contribution in [1.82, 2.24) is 0 Å². The van der Waals surface area contributed by atoms with Crippen LogP contribution in [0, 0.1) is 11.3 Å².